The van der Waals surface area contributed by atoms with Crippen molar-refractivity contribution in [1.29, 1.82) is 0 Å². The number of aliphatic carboxylic acids is 1. The summed E-state index contributed by atoms with van der Waals surface area (Å²) in [6, 6.07) is 30.9. The molecule has 0 radical (unpaired) electrons. The van der Waals surface area contributed by atoms with Crippen molar-refractivity contribution in [2.24, 2.45) is 17.8 Å². The molecule has 9 rings (SSSR count). The average molecular weight is 1480 g/mol. The van der Waals surface area contributed by atoms with E-state index >= 15 is 0 Å². The van der Waals surface area contributed by atoms with E-state index in [0.717, 1.165) is 44.5 Å². The van der Waals surface area contributed by atoms with Crippen LogP contribution < -0.4 is 10.6 Å². The molecule has 2 unspecified atom stereocenters. The quantitative estimate of drug-likeness (QED) is 0.0288. The summed E-state index contributed by atoms with van der Waals surface area (Å²) in [4.78, 5) is 54.6. The molecule has 2 fully saturated rings. The first-order valence-electron chi connectivity index (χ1n) is 37.3. The lowest BCUT2D eigenvalue weighted by Crippen LogP contribution is -2.64. The highest BCUT2D eigenvalue weighted by Gasteiger charge is 2.52. The fraction of sp³-hybridized carbons (Fsp3) is 0.494. The van der Waals surface area contributed by atoms with Gasteiger partial charge in [0.05, 0.1) is 79.6 Å². The number of nitrogens with one attached hydrogen (secondary N) is 2. The van der Waals surface area contributed by atoms with Gasteiger partial charge in [-0.25, -0.2) is 9.59 Å². The average Bonchev–Trinajstić information content (AvgIpc) is 1.67. The SMILES string of the molecule is C[C@@H]1[C@H](O)[C@@H](C)C=CC=CC=CC=CC=CC=CC=C[C@H](OC2O[C@H](C)[C@@H](O)[C@H](N(CCCNC(=O)OCC3c4ccccc4-c4ccccc43)CCCNC(=O)OCC3c4ccccc4-c4ccccc43)[C@@H]2O)CC2O[C@](O)(C[C@@H](O)C[C@@H](O)[C@H](O)CC[C@@H](O)C[C@@H](O)CC(=O)O[C@H]1C)C[C@H](O)[C@H]2C(=O)O. The molecule has 13 N–H and O–H groups in total. The number of nitrogens with zero attached hydrogens (tertiary/aromatic N) is 1. The molecule has 2 aliphatic carbocycles. The Bertz CT molecular complexity index is 3550. The van der Waals surface area contributed by atoms with Crippen molar-refractivity contribution in [1.82, 2.24) is 15.5 Å². The van der Waals surface area contributed by atoms with Crippen molar-refractivity contribution in [3.63, 3.8) is 0 Å². The first-order chi connectivity index (χ1) is 51.4. The van der Waals surface area contributed by atoms with E-state index in [1.165, 1.54) is 6.08 Å². The molecule has 2 amide bonds. The Kier molecular flexibility index (Phi) is 31.4. The first-order valence-corrected chi connectivity index (χ1v) is 37.3. The summed E-state index contributed by atoms with van der Waals surface area (Å²) in [5, 5.41) is 131. The summed E-state index contributed by atoms with van der Waals surface area (Å²) in [5.41, 5.74) is 8.53. The van der Waals surface area contributed by atoms with Crippen LogP contribution >= 0.6 is 0 Å². The fourth-order valence-corrected chi connectivity index (χ4v) is 15.0. The molecule has 0 aromatic heterocycles. The summed E-state index contributed by atoms with van der Waals surface area (Å²) < 4.78 is 36.2. The summed E-state index contributed by atoms with van der Waals surface area (Å²) in [6.07, 6.45) is 0.990. The standard InChI is InChI=1S/C83H107N3O21/c1-51-27-15-13-11-9-7-5-6-8-10-12-14-16-28-58(46-72-74(79(97)98)71(92)48-83(101,107-72)47-57(89)44-70(91)69(90)38-37-55(87)43-56(88)45-73(93)104-53(3)52(2)76(51)94)106-80-78(96)75(77(95)54(4)105-80)86(41-25-39-84-81(99)102-49-67-63-33-21-17-29-59(63)60-30-18-22-34-64(60)67)42-26-40-85-82(100)103-50-68-65-35-23-19-31-61(65)62-32-20-24-36-66(62)68/h5-24,27-36,51-58,67-72,74-78,80,87-92,94-96,101H,25-26,37-50H2,1-4H3,(H,84,99)(H,85,100)(H,97,98)/t51-,52-,53-,54+,55+,56+,57-,58-,69+,70+,71-,72?,74+,75-,76+,77+,78-,80?,83+/m0/s1. The van der Waals surface area contributed by atoms with Crippen LogP contribution in [-0.4, -0.2) is 222 Å². The molecule has 0 saturated carbocycles. The Hall–Kier alpha value is -8.02. The first kappa shape index (κ1) is 83.0. The van der Waals surface area contributed by atoms with Crippen molar-refractivity contribution in [3.05, 3.63) is 204 Å². The number of fused-ring (bicyclic) bond motifs is 8. The number of benzene rings is 4. The van der Waals surface area contributed by atoms with Crippen LogP contribution in [0.2, 0.25) is 0 Å². The van der Waals surface area contributed by atoms with E-state index in [-0.39, 0.29) is 89.3 Å². The van der Waals surface area contributed by atoms with Gasteiger partial charge in [0.15, 0.2) is 12.1 Å². The van der Waals surface area contributed by atoms with Gasteiger partial charge in [-0.05, 0) is 90.5 Å². The zero-order valence-electron chi connectivity index (χ0n) is 61.1. The number of carboxylic acids is 1. The Morgan fingerprint density at radius 1 is 0.533 bits per heavy atom. The second-order valence-corrected chi connectivity index (χ2v) is 28.7. The van der Waals surface area contributed by atoms with Crippen molar-refractivity contribution < 1.29 is 104 Å². The van der Waals surface area contributed by atoms with Crippen LogP contribution in [0.1, 0.15) is 126 Å². The number of amides is 2. The van der Waals surface area contributed by atoms with Crippen molar-refractivity contribution in [2.45, 2.75) is 201 Å². The number of allylic oxidation sites excluding steroid dienone is 12. The molecule has 2 bridgehead atoms. The minimum Gasteiger partial charge on any atom is -0.481 e. The second-order valence-electron chi connectivity index (χ2n) is 28.7. The minimum absolute atomic E-state index is 0.0884. The number of ether oxygens (including phenoxy) is 6. The molecule has 3 aliphatic heterocycles. The van der Waals surface area contributed by atoms with E-state index in [4.69, 9.17) is 28.4 Å². The summed E-state index contributed by atoms with van der Waals surface area (Å²) in [6.45, 7) is 7.54. The van der Waals surface area contributed by atoms with Gasteiger partial charge in [0.25, 0.3) is 0 Å². The molecular weight excluding hydrogens is 1370 g/mol. The van der Waals surface area contributed by atoms with Gasteiger partial charge in [-0.2, -0.15) is 0 Å². The molecule has 5 aliphatic rings. The molecule has 4 aromatic carbocycles. The number of carbonyl (C=O) groups excluding carboxylic acids is 3. The Morgan fingerprint density at radius 3 is 1.50 bits per heavy atom. The molecule has 4 aromatic rings. The van der Waals surface area contributed by atoms with E-state index < -0.39 is 166 Å². The van der Waals surface area contributed by atoms with Gasteiger partial charge in [-0.1, -0.05) is 196 Å². The highest BCUT2D eigenvalue weighted by Crippen LogP contribution is 2.46. The van der Waals surface area contributed by atoms with Gasteiger partial charge in [0.2, 0.25) is 0 Å². The molecule has 24 heteroatoms. The van der Waals surface area contributed by atoms with Crippen LogP contribution in [0.5, 0.6) is 0 Å². The Balaban J connectivity index is 0.915. The lowest BCUT2D eigenvalue weighted by Gasteiger charge is -2.47. The topological polar surface area (TPSA) is 373 Å². The summed E-state index contributed by atoms with van der Waals surface area (Å²) >= 11 is 0. The van der Waals surface area contributed by atoms with Gasteiger partial charge in [0, 0.05) is 75.5 Å². The third kappa shape index (κ3) is 23.3. The third-order valence-corrected chi connectivity index (χ3v) is 20.8. The summed E-state index contributed by atoms with van der Waals surface area (Å²) in [5.74, 6) is -7.53. The smallest absolute Gasteiger partial charge is 0.407 e. The van der Waals surface area contributed by atoms with Crippen molar-refractivity contribution in [2.75, 3.05) is 39.4 Å². The van der Waals surface area contributed by atoms with Gasteiger partial charge < -0.3 is 95.2 Å². The Morgan fingerprint density at radius 2 is 1.01 bits per heavy atom. The fourth-order valence-electron chi connectivity index (χ4n) is 15.0. The highest BCUT2D eigenvalue weighted by molar-refractivity contribution is 5.80. The van der Waals surface area contributed by atoms with Gasteiger partial charge in [-0.3, -0.25) is 14.5 Å². The number of esters is 1. The van der Waals surface area contributed by atoms with Crippen LogP contribution in [0.4, 0.5) is 9.59 Å². The molecule has 580 valence electrons. The summed E-state index contributed by atoms with van der Waals surface area (Å²) in [7, 11) is 0. The monoisotopic (exact) mass is 1480 g/mol. The third-order valence-electron chi connectivity index (χ3n) is 20.8. The zero-order chi connectivity index (χ0) is 76.7. The number of cyclic esters (lactones) is 1. The minimum atomic E-state index is -2.43. The molecule has 3 heterocycles. The normalized spacial score (nSPS) is 30.9. The maximum Gasteiger partial charge on any atom is 0.407 e. The number of hydrogen-bond acceptors (Lipinski definition) is 21. The van der Waals surface area contributed by atoms with E-state index in [1.54, 1.807) is 93.7 Å². The molecule has 19 atom stereocenters. The maximum atomic E-state index is 13.4. The van der Waals surface area contributed by atoms with E-state index in [2.05, 4.69) is 10.6 Å². The number of aliphatic hydroxyl groups excluding tert-OH is 9. The number of carbonyl (C=O) groups is 4. The molecular formula is C83H107N3O21. The van der Waals surface area contributed by atoms with Gasteiger partial charge in [-0.15, -0.1) is 0 Å². The van der Waals surface area contributed by atoms with Crippen LogP contribution in [0, 0.1) is 17.8 Å². The van der Waals surface area contributed by atoms with Crippen molar-refractivity contribution >= 4 is 24.1 Å². The van der Waals surface area contributed by atoms with E-state index in [1.807, 2.05) is 115 Å². The van der Waals surface area contributed by atoms with E-state index in [9.17, 15) is 75.3 Å². The number of aliphatic hydroxyl groups is 10. The molecule has 107 heavy (non-hydrogen) atoms. The van der Waals surface area contributed by atoms with Gasteiger partial charge in [0.1, 0.15) is 31.3 Å². The van der Waals surface area contributed by atoms with Crippen LogP contribution in [0.25, 0.3) is 22.3 Å². The maximum absolute atomic E-state index is 13.4. The lowest BCUT2D eigenvalue weighted by atomic mass is 9.82. The van der Waals surface area contributed by atoms with E-state index in [0.29, 0.717) is 0 Å². The predicted molar refractivity (Wildman–Crippen MR) is 400 cm³/mol. The number of rotatable bonds is 16. The molecule has 0 spiro atoms. The zero-order valence-corrected chi connectivity index (χ0v) is 61.1. The Labute approximate surface area is 625 Å². The van der Waals surface area contributed by atoms with Crippen LogP contribution in [-0.2, 0) is 38.0 Å². The largest absolute Gasteiger partial charge is 0.481 e. The number of hydrogen-bond donors (Lipinski definition) is 13. The number of carboxylic acid groups (broad SMARTS) is 1. The predicted octanol–water partition coefficient (Wildman–Crippen LogP) is 7.91. The van der Waals surface area contributed by atoms with Gasteiger partial charge >= 0.3 is 24.1 Å². The van der Waals surface area contributed by atoms with Crippen LogP contribution in [0.3, 0.4) is 0 Å². The van der Waals surface area contributed by atoms with Crippen molar-refractivity contribution in [3.8, 4) is 22.3 Å². The van der Waals surface area contributed by atoms with Crippen LogP contribution in [0.15, 0.2) is 182 Å². The molecule has 24 nitrogen and oxygen atoms in total. The highest BCUT2D eigenvalue weighted by atomic mass is 16.7. The molecule has 2 saturated heterocycles. The lowest BCUT2D eigenvalue weighted by molar-refractivity contribution is -0.312. The second kappa shape index (κ2) is 40.4. The number of alkyl carbamates (subject to hydrolysis) is 2.